The Morgan fingerprint density at radius 3 is 2.42 bits per heavy atom. The molecule has 0 radical (unpaired) electrons. The Morgan fingerprint density at radius 1 is 1.32 bits per heavy atom. The lowest BCUT2D eigenvalue weighted by Crippen LogP contribution is -2.41. The van der Waals surface area contributed by atoms with Crippen LogP contribution in [0.2, 0.25) is 0 Å². The zero-order valence-electron chi connectivity index (χ0n) is 12.0. The van der Waals surface area contributed by atoms with Crippen LogP contribution < -0.4 is 4.78 Å². The minimum atomic E-state index is -0.418. The molecule has 4 nitrogen and oxygen atoms in total. The van der Waals surface area contributed by atoms with Crippen LogP contribution in [0.4, 0.5) is 0 Å². The van der Waals surface area contributed by atoms with E-state index >= 15 is 0 Å². The number of carbonyl (C=O) groups excluding carboxylic acids is 1. The molecule has 1 aromatic rings. The van der Waals surface area contributed by atoms with Gasteiger partial charge in [-0.1, -0.05) is 0 Å². The van der Waals surface area contributed by atoms with Crippen LogP contribution in [-0.2, 0) is 14.0 Å². The number of thiophene rings is 1. The van der Waals surface area contributed by atoms with E-state index in [1.807, 2.05) is 27.7 Å². The number of hydrogen-bond acceptors (Lipinski definition) is 5. The van der Waals surface area contributed by atoms with Crippen molar-refractivity contribution in [1.82, 2.24) is 0 Å². The first-order valence-corrected chi connectivity index (χ1v) is 7.26. The van der Waals surface area contributed by atoms with Crippen molar-refractivity contribution >= 4 is 29.2 Å². The maximum atomic E-state index is 11.6. The Bertz CT molecular complexity index is 465. The van der Waals surface area contributed by atoms with Gasteiger partial charge >= 0.3 is 13.1 Å². The highest BCUT2D eigenvalue weighted by atomic mass is 32.1. The summed E-state index contributed by atoms with van der Waals surface area (Å²) in [6, 6.07) is 1.78. The van der Waals surface area contributed by atoms with Crippen LogP contribution in [0, 0.1) is 0 Å². The second-order valence-electron chi connectivity index (χ2n) is 5.55. The monoisotopic (exact) mass is 282 g/mol. The third-order valence-electron chi connectivity index (χ3n) is 3.62. The first-order valence-electron chi connectivity index (χ1n) is 6.38. The Morgan fingerprint density at radius 2 is 1.89 bits per heavy atom. The Balaban J connectivity index is 2.15. The molecule has 0 spiro atoms. The number of hydrogen-bond donors (Lipinski definition) is 0. The van der Waals surface area contributed by atoms with Crippen LogP contribution in [0.25, 0.3) is 0 Å². The minimum Gasteiger partial charge on any atom is -0.462 e. The average molecular weight is 282 g/mol. The summed E-state index contributed by atoms with van der Waals surface area (Å²) >= 11 is 1.45. The molecule has 1 fully saturated rings. The van der Waals surface area contributed by atoms with Gasteiger partial charge in [-0.25, -0.2) is 4.79 Å². The molecular weight excluding hydrogens is 263 g/mol. The van der Waals surface area contributed by atoms with E-state index in [9.17, 15) is 4.79 Å². The van der Waals surface area contributed by atoms with Gasteiger partial charge in [0.2, 0.25) is 0 Å². The van der Waals surface area contributed by atoms with Gasteiger partial charge in [-0.15, -0.1) is 0 Å². The lowest BCUT2D eigenvalue weighted by molar-refractivity contribution is 0.00578. The van der Waals surface area contributed by atoms with Crippen LogP contribution in [0.3, 0.4) is 0 Å². The summed E-state index contributed by atoms with van der Waals surface area (Å²) in [6.45, 7) is 10.2. The van der Waals surface area contributed by atoms with E-state index in [2.05, 4.69) is 0 Å². The second-order valence-corrected chi connectivity index (χ2v) is 6.49. The molecule has 0 amide bonds. The Labute approximate surface area is 118 Å². The molecule has 19 heavy (non-hydrogen) atoms. The van der Waals surface area contributed by atoms with Gasteiger partial charge in [-0.2, -0.15) is 11.3 Å². The molecule has 0 aromatic carbocycles. The fourth-order valence-corrected chi connectivity index (χ4v) is 2.59. The highest BCUT2D eigenvalue weighted by Crippen LogP contribution is 2.36. The predicted molar refractivity (Wildman–Crippen MR) is 76.0 cm³/mol. The smallest absolute Gasteiger partial charge is 0.462 e. The molecule has 1 aromatic heterocycles. The van der Waals surface area contributed by atoms with Crippen LogP contribution in [0.5, 0.6) is 0 Å². The first-order chi connectivity index (χ1) is 8.77. The fraction of sp³-hybridized carbons (Fsp3) is 0.615. The van der Waals surface area contributed by atoms with Gasteiger partial charge in [0.15, 0.2) is 0 Å². The standard InChI is InChI=1S/C13H19BO4S/c1-6-16-11(15)9-7-10(19-8-9)14-17-12(2,3)13(4,5)18-14/h7-8H,6H2,1-5H3. The number of rotatable bonds is 3. The van der Waals surface area contributed by atoms with E-state index in [4.69, 9.17) is 14.0 Å². The Hall–Kier alpha value is -0.845. The molecule has 2 heterocycles. The van der Waals surface area contributed by atoms with Gasteiger partial charge in [-0.05, 0) is 40.7 Å². The molecule has 0 bridgehead atoms. The molecule has 0 atom stereocenters. The normalized spacial score (nSPS) is 20.6. The fourth-order valence-electron chi connectivity index (χ4n) is 1.76. The summed E-state index contributed by atoms with van der Waals surface area (Å²) in [5, 5.41) is 1.78. The molecule has 1 aliphatic heterocycles. The van der Waals surface area contributed by atoms with Crippen LogP contribution in [0.1, 0.15) is 45.0 Å². The van der Waals surface area contributed by atoms with E-state index in [-0.39, 0.29) is 17.2 Å². The summed E-state index contributed by atoms with van der Waals surface area (Å²) in [6.07, 6.45) is 0. The van der Waals surface area contributed by atoms with Crippen molar-refractivity contribution in [2.24, 2.45) is 0 Å². The summed E-state index contributed by atoms with van der Waals surface area (Å²) in [5.41, 5.74) is -0.186. The molecule has 0 N–H and O–H groups in total. The summed E-state index contributed by atoms with van der Waals surface area (Å²) in [4.78, 5) is 11.6. The van der Waals surface area contributed by atoms with Gasteiger partial charge in [0.05, 0.1) is 23.4 Å². The molecule has 1 aliphatic rings. The molecule has 0 unspecified atom stereocenters. The highest BCUT2D eigenvalue weighted by molar-refractivity contribution is 7.21. The van der Waals surface area contributed by atoms with Crippen molar-refractivity contribution in [2.75, 3.05) is 6.61 Å². The van der Waals surface area contributed by atoms with Gasteiger partial charge in [0.1, 0.15) is 0 Å². The lowest BCUT2D eigenvalue weighted by atomic mass is 9.87. The largest absolute Gasteiger partial charge is 0.505 e. The SMILES string of the molecule is CCOC(=O)c1csc(B2OC(C)(C)C(C)(C)O2)c1. The van der Waals surface area contributed by atoms with Crippen LogP contribution in [0.15, 0.2) is 11.4 Å². The highest BCUT2D eigenvalue weighted by Gasteiger charge is 2.52. The van der Waals surface area contributed by atoms with E-state index < -0.39 is 7.12 Å². The topological polar surface area (TPSA) is 44.8 Å². The van der Waals surface area contributed by atoms with E-state index in [0.717, 1.165) is 4.78 Å². The second kappa shape index (κ2) is 4.92. The van der Waals surface area contributed by atoms with Crippen LogP contribution >= 0.6 is 11.3 Å². The van der Waals surface area contributed by atoms with Gasteiger partial charge in [-0.3, -0.25) is 0 Å². The minimum absolute atomic E-state index is 0.304. The van der Waals surface area contributed by atoms with Gasteiger partial charge in [0, 0.05) is 10.2 Å². The van der Waals surface area contributed by atoms with Crippen molar-refractivity contribution in [3.63, 3.8) is 0 Å². The summed E-state index contributed by atoms with van der Waals surface area (Å²) < 4.78 is 17.7. The molecule has 1 saturated heterocycles. The van der Waals surface area contributed by atoms with Crippen molar-refractivity contribution in [3.05, 3.63) is 17.0 Å². The quantitative estimate of drug-likeness (QED) is 0.630. The Kier molecular flexibility index (Phi) is 3.77. The number of esters is 1. The maximum absolute atomic E-state index is 11.6. The van der Waals surface area contributed by atoms with E-state index in [1.165, 1.54) is 11.3 Å². The maximum Gasteiger partial charge on any atom is 0.505 e. The number of carbonyl (C=O) groups is 1. The predicted octanol–water partition coefficient (Wildman–Crippen LogP) is 2.22. The zero-order valence-corrected chi connectivity index (χ0v) is 12.8. The van der Waals surface area contributed by atoms with Gasteiger partial charge in [0.25, 0.3) is 0 Å². The molecule has 6 heteroatoms. The zero-order chi connectivity index (χ0) is 14.3. The molecular formula is C13H19BO4S. The van der Waals surface area contributed by atoms with Gasteiger partial charge < -0.3 is 14.0 Å². The van der Waals surface area contributed by atoms with Crippen molar-refractivity contribution in [1.29, 1.82) is 0 Å². The third-order valence-corrected chi connectivity index (χ3v) is 4.57. The van der Waals surface area contributed by atoms with E-state index in [0.29, 0.717) is 12.2 Å². The summed E-state index contributed by atoms with van der Waals surface area (Å²) in [7, 11) is -0.418. The molecule has 0 saturated carbocycles. The van der Waals surface area contributed by atoms with Crippen LogP contribution in [-0.4, -0.2) is 30.9 Å². The molecule has 104 valence electrons. The van der Waals surface area contributed by atoms with E-state index in [1.54, 1.807) is 18.4 Å². The molecule has 0 aliphatic carbocycles. The first kappa shape index (κ1) is 14.6. The summed E-state index contributed by atoms with van der Waals surface area (Å²) in [5.74, 6) is -0.304. The van der Waals surface area contributed by atoms with Crippen molar-refractivity contribution in [2.45, 2.75) is 45.8 Å². The average Bonchev–Trinajstić information content (AvgIpc) is 2.83. The molecule has 2 rings (SSSR count). The third kappa shape index (κ3) is 2.71. The number of ether oxygens (including phenoxy) is 1. The lowest BCUT2D eigenvalue weighted by Gasteiger charge is -2.32. The van der Waals surface area contributed by atoms with Crippen molar-refractivity contribution in [3.8, 4) is 0 Å². The van der Waals surface area contributed by atoms with Crippen molar-refractivity contribution < 1.29 is 18.8 Å².